The lowest BCUT2D eigenvalue weighted by atomic mass is 9.74. The van der Waals surface area contributed by atoms with Crippen LogP contribution in [0.3, 0.4) is 0 Å². The number of hydrogen-bond acceptors (Lipinski definition) is 6. The van der Waals surface area contributed by atoms with Crippen molar-refractivity contribution in [1.29, 1.82) is 0 Å². The fourth-order valence-corrected chi connectivity index (χ4v) is 7.23. The lowest BCUT2D eigenvalue weighted by Crippen LogP contribution is -2.57. The molecule has 2 amide bonds. The Hall–Kier alpha value is -2.95. The molecule has 9 nitrogen and oxygen atoms in total. The second-order valence-electron chi connectivity index (χ2n) is 11.1. The quantitative estimate of drug-likeness (QED) is 0.537. The number of carbonyl (C=O) groups excluding carboxylic acids is 2. The molecule has 1 spiro atoms. The number of likely N-dealkylation sites (tertiary alicyclic amines) is 2. The van der Waals surface area contributed by atoms with Crippen molar-refractivity contribution in [3.63, 3.8) is 0 Å². The Morgan fingerprint density at radius 1 is 1.05 bits per heavy atom. The topological polar surface area (TPSA) is 99.3 Å². The summed E-state index contributed by atoms with van der Waals surface area (Å²) < 4.78 is 32.5. The number of piperidine rings is 1. The van der Waals surface area contributed by atoms with E-state index in [9.17, 15) is 18.0 Å². The lowest BCUT2D eigenvalue weighted by Gasteiger charge is -2.41. The number of benzene rings is 2. The lowest BCUT2D eigenvalue weighted by molar-refractivity contribution is -0.140. The zero-order valence-corrected chi connectivity index (χ0v) is 23.5. The van der Waals surface area contributed by atoms with Gasteiger partial charge in [-0.15, -0.1) is 0 Å². The van der Waals surface area contributed by atoms with E-state index in [1.807, 2.05) is 66.5 Å². The van der Waals surface area contributed by atoms with E-state index >= 15 is 0 Å². The molecule has 2 aromatic rings. The van der Waals surface area contributed by atoms with Crippen LogP contribution >= 0.6 is 0 Å². The van der Waals surface area contributed by atoms with Gasteiger partial charge in [0.25, 0.3) is 0 Å². The molecule has 3 heterocycles. The van der Waals surface area contributed by atoms with Gasteiger partial charge in [-0.3, -0.25) is 18.8 Å². The molecule has 0 aliphatic carbocycles. The summed E-state index contributed by atoms with van der Waals surface area (Å²) in [5.41, 5.74) is 2.44. The van der Waals surface area contributed by atoms with Crippen LogP contribution in [0.5, 0.6) is 0 Å². The highest BCUT2D eigenvalue weighted by atomic mass is 32.2. The molecule has 2 saturated heterocycles. The van der Waals surface area contributed by atoms with Crippen molar-refractivity contribution in [1.82, 2.24) is 15.1 Å². The van der Waals surface area contributed by atoms with E-state index in [0.717, 1.165) is 36.2 Å². The predicted octanol–water partition coefficient (Wildman–Crippen LogP) is 2.12. The number of carbonyl (C=O) groups is 2. The van der Waals surface area contributed by atoms with Crippen molar-refractivity contribution in [2.45, 2.75) is 49.8 Å². The normalized spacial score (nSPS) is 21.6. The molecule has 210 valence electrons. The maximum absolute atomic E-state index is 13.8. The molecule has 0 saturated carbocycles. The van der Waals surface area contributed by atoms with E-state index in [0.29, 0.717) is 39.1 Å². The maximum Gasteiger partial charge on any atom is 0.247 e. The zero-order chi connectivity index (χ0) is 27.6. The maximum atomic E-state index is 13.8. The molecule has 2 fully saturated rings. The third kappa shape index (κ3) is 5.83. The van der Waals surface area contributed by atoms with Gasteiger partial charge in [0.1, 0.15) is 6.04 Å². The number of nitrogens with one attached hydrogen (secondary N) is 1. The number of nitrogens with zero attached hydrogens (tertiary/aromatic N) is 3. The van der Waals surface area contributed by atoms with Crippen molar-refractivity contribution < 1.29 is 22.7 Å². The molecule has 0 unspecified atom stereocenters. The first-order valence-electron chi connectivity index (χ1n) is 13.7. The summed E-state index contributed by atoms with van der Waals surface area (Å²) in [7, 11) is -1.48. The molecule has 5 rings (SSSR count). The van der Waals surface area contributed by atoms with Crippen molar-refractivity contribution in [3.05, 3.63) is 65.7 Å². The molecule has 10 heteroatoms. The molecular weight excluding hydrogens is 516 g/mol. The Morgan fingerprint density at radius 3 is 2.41 bits per heavy atom. The van der Waals surface area contributed by atoms with Crippen LogP contribution in [0.4, 0.5) is 5.69 Å². The largest absolute Gasteiger partial charge is 0.374 e. The van der Waals surface area contributed by atoms with Crippen LogP contribution in [-0.2, 0) is 36.4 Å². The van der Waals surface area contributed by atoms with Gasteiger partial charge in [-0.05, 0) is 56.5 Å². The Kier molecular flexibility index (Phi) is 7.98. The minimum Gasteiger partial charge on any atom is -0.374 e. The van der Waals surface area contributed by atoms with Crippen LogP contribution in [0.2, 0.25) is 0 Å². The summed E-state index contributed by atoms with van der Waals surface area (Å²) in [6.45, 7) is 2.66. The third-order valence-corrected chi connectivity index (χ3v) is 9.58. The minimum atomic E-state index is -3.41. The highest BCUT2D eigenvalue weighted by Gasteiger charge is 2.48. The Balaban J connectivity index is 1.28. The minimum absolute atomic E-state index is 0.0855. The summed E-state index contributed by atoms with van der Waals surface area (Å²) in [4.78, 5) is 30.7. The Morgan fingerprint density at radius 2 is 1.74 bits per heavy atom. The van der Waals surface area contributed by atoms with E-state index in [1.165, 1.54) is 10.6 Å². The van der Waals surface area contributed by atoms with E-state index in [2.05, 4.69) is 5.32 Å². The summed E-state index contributed by atoms with van der Waals surface area (Å²) in [6.07, 6.45) is 4.28. The molecule has 2 aromatic carbocycles. The fourth-order valence-electron chi connectivity index (χ4n) is 6.24. The molecule has 39 heavy (non-hydrogen) atoms. The highest BCUT2D eigenvalue weighted by Crippen LogP contribution is 2.47. The van der Waals surface area contributed by atoms with Gasteiger partial charge in [-0.25, -0.2) is 8.42 Å². The first kappa shape index (κ1) is 27.6. The van der Waals surface area contributed by atoms with Gasteiger partial charge in [0.15, 0.2) is 0 Å². The average Bonchev–Trinajstić information content (AvgIpc) is 3.50. The van der Waals surface area contributed by atoms with E-state index < -0.39 is 16.1 Å². The highest BCUT2D eigenvalue weighted by molar-refractivity contribution is 7.92. The van der Waals surface area contributed by atoms with Gasteiger partial charge in [0.05, 0.1) is 31.2 Å². The van der Waals surface area contributed by atoms with Gasteiger partial charge >= 0.3 is 0 Å². The van der Waals surface area contributed by atoms with Crippen LogP contribution in [0.1, 0.15) is 36.8 Å². The molecule has 0 bridgehead atoms. The summed E-state index contributed by atoms with van der Waals surface area (Å²) in [5, 5.41) is 2.99. The number of para-hydroxylation sites is 1. The van der Waals surface area contributed by atoms with Crippen LogP contribution in [0.15, 0.2) is 54.6 Å². The molecular formula is C29H38N4O5S. The second kappa shape index (κ2) is 11.3. The van der Waals surface area contributed by atoms with Crippen LogP contribution in [-0.4, -0.2) is 88.2 Å². The molecule has 1 N–H and O–H groups in total. The number of sulfonamides is 1. The zero-order valence-electron chi connectivity index (χ0n) is 22.7. The number of rotatable bonds is 8. The Labute approximate surface area is 231 Å². The van der Waals surface area contributed by atoms with Gasteiger partial charge in [-0.1, -0.05) is 48.5 Å². The summed E-state index contributed by atoms with van der Waals surface area (Å²) in [5.74, 6) is -0.295. The monoisotopic (exact) mass is 554 g/mol. The first-order chi connectivity index (χ1) is 18.7. The number of ether oxygens (including phenoxy) is 1. The predicted molar refractivity (Wildman–Crippen MR) is 150 cm³/mol. The van der Waals surface area contributed by atoms with E-state index in [1.54, 1.807) is 4.90 Å². The van der Waals surface area contributed by atoms with Gasteiger partial charge in [0.2, 0.25) is 21.8 Å². The van der Waals surface area contributed by atoms with Crippen LogP contribution < -0.4 is 9.62 Å². The molecule has 0 radical (unpaired) electrons. The number of anilines is 1. The SMILES string of the molecule is CN1CCC[C@H]1C(=O)N[C@H](COCc1ccccc1)C(=O)N1CCC2(CC1)CN(S(C)(=O)=O)c1ccccc12. The average molecular weight is 555 g/mol. The van der Waals surface area contributed by atoms with Gasteiger partial charge in [-0.2, -0.15) is 0 Å². The molecule has 0 aromatic heterocycles. The standard InChI is InChI=1S/C29H38N4O5S/c1-31-16-8-13-26(31)27(34)30-24(20-38-19-22-9-4-3-5-10-22)28(35)32-17-14-29(15-18-32)21-33(39(2,36)37)25-12-7-6-11-23(25)29/h3-7,9-12,24,26H,8,13-21H2,1-2H3,(H,30,34)/t24-,26+/m1/s1. The van der Waals surface area contributed by atoms with Crippen molar-refractivity contribution >= 4 is 27.5 Å². The summed E-state index contributed by atoms with van der Waals surface area (Å²) >= 11 is 0. The third-order valence-electron chi connectivity index (χ3n) is 8.46. The Bertz CT molecular complexity index is 1290. The van der Waals surface area contributed by atoms with Crippen molar-refractivity contribution in [2.75, 3.05) is 50.4 Å². The second-order valence-corrected chi connectivity index (χ2v) is 13.0. The smallest absolute Gasteiger partial charge is 0.247 e. The number of hydrogen-bond donors (Lipinski definition) is 1. The molecule has 3 aliphatic heterocycles. The molecule has 3 aliphatic rings. The van der Waals surface area contributed by atoms with E-state index in [-0.39, 0.29) is 29.9 Å². The van der Waals surface area contributed by atoms with Crippen molar-refractivity contribution in [2.24, 2.45) is 0 Å². The summed E-state index contributed by atoms with van der Waals surface area (Å²) in [6, 6.07) is 16.4. The number of amides is 2. The number of likely N-dealkylation sites (N-methyl/N-ethyl adjacent to an activating group) is 1. The van der Waals surface area contributed by atoms with Gasteiger partial charge in [0, 0.05) is 25.0 Å². The number of fused-ring (bicyclic) bond motifs is 2. The van der Waals surface area contributed by atoms with Crippen LogP contribution in [0, 0.1) is 0 Å². The van der Waals surface area contributed by atoms with Crippen molar-refractivity contribution in [3.8, 4) is 0 Å². The molecule has 2 atom stereocenters. The fraction of sp³-hybridized carbons (Fsp3) is 0.517. The van der Waals surface area contributed by atoms with E-state index in [4.69, 9.17) is 4.74 Å². The van der Waals surface area contributed by atoms with Gasteiger partial charge < -0.3 is 15.0 Å². The van der Waals surface area contributed by atoms with Crippen LogP contribution in [0.25, 0.3) is 0 Å². The first-order valence-corrected chi connectivity index (χ1v) is 15.5.